The number of carbonyl (C=O) groups excluding carboxylic acids is 2. The third kappa shape index (κ3) is 6.77. The third-order valence-electron chi connectivity index (χ3n) is 5.22. The highest BCUT2D eigenvalue weighted by Gasteiger charge is 2.23. The van der Waals surface area contributed by atoms with Crippen molar-refractivity contribution < 1.29 is 19.5 Å². The molecule has 2 aliphatic rings. The normalized spacial score (nSPS) is 17.7. The summed E-state index contributed by atoms with van der Waals surface area (Å²) < 4.78 is 0. The summed E-state index contributed by atoms with van der Waals surface area (Å²) in [7, 11) is 0. The second kappa shape index (κ2) is 11.1. The Bertz CT molecular complexity index is 931. The lowest BCUT2D eigenvalue weighted by Gasteiger charge is -2.23. The van der Waals surface area contributed by atoms with E-state index in [0.29, 0.717) is 43.4 Å². The number of hydrogen-bond donors (Lipinski definition) is 3. The summed E-state index contributed by atoms with van der Waals surface area (Å²) in [6, 6.07) is 8.13. The van der Waals surface area contributed by atoms with E-state index in [4.69, 9.17) is 5.11 Å². The maximum absolute atomic E-state index is 13.0. The Morgan fingerprint density at radius 3 is 2.71 bits per heavy atom. The maximum Gasteiger partial charge on any atom is 0.303 e. The Kier molecular flexibility index (Phi) is 7.92. The van der Waals surface area contributed by atoms with Crippen LogP contribution in [0.5, 0.6) is 0 Å². The van der Waals surface area contributed by atoms with E-state index in [1.54, 1.807) is 30.5 Å². The summed E-state index contributed by atoms with van der Waals surface area (Å²) in [6.07, 6.45) is 12.6. The molecule has 7 heteroatoms. The van der Waals surface area contributed by atoms with Crippen LogP contribution in [0.25, 0.3) is 0 Å². The zero-order chi connectivity index (χ0) is 22.1. The minimum atomic E-state index is -0.830. The topological polar surface area (TPSA) is 108 Å². The van der Waals surface area contributed by atoms with Gasteiger partial charge >= 0.3 is 5.97 Å². The molecule has 2 amide bonds. The largest absolute Gasteiger partial charge is 0.481 e. The number of nitrogens with one attached hydrogen (secondary N) is 2. The lowest BCUT2D eigenvalue weighted by molar-refractivity contribution is -0.137. The molecule has 31 heavy (non-hydrogen) atoms. The van der Waals surface area contributed by atoms with E-state index >= 15 is 0 Å². The van der Waals surface area contributed by atoms with Crippen LogP contribution in [0.2, 0.25) is 0 Å². The van der Waals surface area contributed by atoms with Gasteiger partial charge < -0.3 is 15.7 Å². The van der Waals surface area contributed by atoms with Gasteiger partial charge in [-0.15, -0.1) is 0 Å². The van der Waals surface area contributed by atoms with Crippen molar-refractivity contribution in [2.24, 2.45) is 4.99 Å². The molecule has 0 aromatic heterocycles. The van der Waals surface area contributed by atoms with Gasteiger partial charge in [-0.2, -0.15) is 0 Å². The van der Waals surface area contributed by atoms with Crippen molar-refractivity contribution in [3.05, 3.63) is 71.5 Å². The van der Waals surface area contributed by atoms with Gasteiger partial charge in [0, 0.05) is 23.9 Å². The first kappa shape index (κ1) is 22.2. The van der Waals surface area contributed by atoms with E-state index in [9.17, 15) is 14.4 Å². The number of unbranched alkanes of at least 4 members (excludes halogenated alkanes) is 2. The molecule has 0 radical (unpaired) electrons. The molecule has 3 N–H and O–H groups in total. The summed E-state index contributed by atoms with van der Waals surface area (Å²) in [5.41, 5.74) is 2.22. The van der Waals surface area contributed by atoms with Gasteiger partial charge in [0.25, 0.3) is 5.91 Å². The molecule has 1 aromatic carbocycles. The SMILES string of the molecule is O=C(O)CCCCC[C@H](NC(=O)c1ccccc1)C(=O)NC1=CCC2N=CC=CC2=C1. The van der Waals surface area contributed by atoms with Gasteiger partial charge in [0.05, 0.1) is 6.04 Å². The van der Waals surface area contributed by atoms with Crippen molar-refractivity contribution in [3.63, 3.8) is 0 Å². The van der Waals surface area contributed by atoms with Crippen molar-refractivity contribution in [1.82, 2.24) is 10.6 Å². The maximum atomic E-state index is 13.0. The molecular formula is C24H27N3O4. The summed E-state index contributed by atoms with van der Waals surface area (Å²) in [5.74, 6) is -1.43. The van der Waals surface area contributed by atoms with Crippen LogP contribution in [0.3, 0.4) is 0 Å². The minimum absolute atomic E-state index is 0.0912. The lowest BCUT2D eigenvalue weighted by atomic mass is 9.95. The van der Waals surface area contributed by atoms with E-state index in [1.807, 2.05) is 30.4 Å². The number of allylic oxidation sites excluding steroid dienone is 2. The van der Waals surface area contributed by atoms with Crippen LogP contribution in [0.15, 0.2) is 70.9 Å². The molecule has 0 fully saturated rings. The van der Waals surface area contributed by atoms with Gasteiger partial charge in [0.15, 0.2) is 0 Å². The summed E-state index contributed by atoms with van der Waals surface area (Å²) >= 11 is 0. The molecule has 1 aromatic rings. The first-order valence-corrected chi connectivity index (χ1v) is 10.5. The minimum Gasteiger partial charge on any atom is -0.481 e. The van der Waals surface area contributed by atoms with E-state index < -0.39 is 12.0 Å². The van der Waals surface area contributed by atoms with E-state index in [0.717, 1.165) is 5.57 Å². The predicted molar refractivity (Wildman–Crippen MR) is 119 cm³/mol. The van der Waals surface area contributed by atoms with Gasteiger partial charge in [-0.1, -0.05) is 43.2 Å². The van der Waals surface area contributed by atoms with Crippen LogP contribution in [-0.4, -0.2) is 41.2 Å². The molecule has 1 aliphatic heterocycles. The zero-order valence-corrected chi connectivity index (χ0v) is 17.3. The number of rotatable bonds is 10. The van der Waals surface area contributed by atoms with E-state index in [1.165, 1.54) is 0 Å². The Hall–Kier alpha value is -3.48. The van der Waals surface area contributed by atoms with E-state index in [-0.39, 0.29) is 24.3 Å². The number of fused-ring (bicyclic) bond motifs is 1. The number of aliphatic imine (C=N–C) groups is 1. The van der Waals surface area contributed by atoms with Gasteiger partial charge in [-0.3, -0.25) is 19.4 Å². The number of amides is 2. The number of carbonyl (C=O) groups is 3. The van der Waals surface area contributed by atoms with Crippen LogP contribution in [0.4, 0.5) is 0 Å². The van der Waals surface area contributed by atoms with E-state index in [2.05, 4.69) is 15.6 Å². The molecule has 7 nitrogen and oxygen atoms in total. The molecule has 0 bridgehead atoms. The standard InChI is InChI=1S/C24H27N3O4/c28-22(29)12-6-2-5-11-21(27-23(30)17-8-3-1-4-9-17)24(31)26-19-13-14-20-18(16-19)10-7-15-25-20/h1,3-4,7-10,13,15-16,20-21H,2,5-6,11-12,14H2,(H,26,31)(H,27,30)(H,28,29)/t20?,21-/m0/s1. The first-order chi connectivity index (χ1) is 15.0. The smallest absolute Gasteiger partial charge is 0.303 e. The zero-order valence-electron chi connectivity index (χ0n) is 17.3. The van der Waals surface area contributed by atoms with Crippen molar-refractivity contribution in [2.45, 2.75) is 50.6 Å². The summed E-state index contributed by atoms with van der Waals surface area (Å²) in [6.45, 7) is 0. The fourth-order valence-corrected chi connectivity index (χ4v) is 3.54. The number of nitrogens with zero attached hydrogens (tertiary/aromatic N) is 1. The number of dihydropyridines is 1. The van der Waals surface area contributed by atoms with Crippen molar-refractivity contribution >= 4 is 24.0 Å². The number of benzene rings is 1. The van der Waals surface area contributed by atoms with Gasteiger partial charge in [-0.25, -0.2) is 0 Å². The quantitative estimate of drug-likeness (QED) is 0.504. The van der Waals surface area contributed by atoms with Crippen molar-refractivity contribution in [3.8, 4) is 0 Å². The summed E-state index contributed by atoms with van der Waals surface area (Å²) in [5, 5.41) is 14.5. The highest BCUT2D eigenvalue weighted by molar-refractivity contribution is 5.97. The Labute approximate surface area is 181 Å². The highest BCUT2D eigenvalue weighted by atomic mass is 16.4. The molecule has 0 spiro atoms. The second-order valence-corrected chi connectivity index (χ2v) is 7.59. The average molecular weight is 421 g/mol. The number of hydrogen-bond acceptors (Lipinski definition) is 4. The molecule has 1 unspecified atom stereocenters. The Morgan fingerprint density at radius 2 is 1.94 bits per heavy atom. The molecule has 1 aliphatic carbocycles. The number of aliphatic carboxylic acids is 1. The molecule has 1 heterocycles. The fourth-order valence-electron chi connectivity index (χ4n) is 3.54. The number of carboxylic acids is 1. The van der Waals surface area contributed by atoms with Crippen molar-refractivity contribution in [1.29, 1.82) is 0 Å². The van der Waals surface area contributed by atoms with Gasteiger partial charge in [-0.05, 0) is 49.1 Å². The molecule has 0 saturated heterocycles. The average Bonchev–Trinajstić information content (AvgIpc) is 2.78. The van der Waals surface area contributed by atoms with Gasteiger partial charge in [0.1, 0.15) is 6.04 Å². The van der Waals surface area contributed by atoms with Crippen LogP contribution in [0.1, 0.15) is 48.9 Å². The summed E-state index contributed by atoms with van der Waals surface area (Å²) in [4.78, 5) is 40.7. The van der Waals surface area contributed by atoms with Crippen LogP contribution < -0.4 is 10.6 Å². The Balaban J connectivity index is 1.62. The van der Waals surface area contributed by atoms with Crippen LogP contribution in [0, 0.1) is 0 Å². The fraction of sp³-hybridized carbons (Fsp3) is 0.333. The molecule has 2 atom stereocenters. The van der Waals surface area contributed by atoms with Crippen LogP contribution in [-0.2, 0) is 9.59 Å². The second-order valence-electron chi connectivity index (χ2n) is 7.59. The highest BCUT2D eigenvalue weighted by Crippen LogP contribution is 2.22. The predicted octanol–water partition coefficient (Wildman–Crippen LogP) is 3.16. The monoisotopic (exact) mass is 421 g/mol. The molecule has 0 saturated carbocycles. The number of carboxylic acid groups (broad SMARTS) is 1. The van der Waals surface area contributed by atoms with Crippen LogP contribution >= 0.6 is 0 Å². The van der Waals surface area contributed by atoms with Crippen molar-refractivity contribution in [2.75, 3.05) is 0 Å². The molecular weight excluding hydrogens is 394 g/mol. The molecule has 162 valence electrons. The third-order valence-corrected chi connectivity index (χ3v) is 5.22. The lowest BCUT2D eigenvalue weighted by Crippen LogP contribution is -2.46. The first-order valence-electron chi connectivity index (χ1n) is 10.5. The van der Waals surface area contributed by atoms with Gasteiger partial charge in [0.2, 0.25) is 5.91 Å². The Morgan fingerprint density at radius 1 is 1.13 bits per heavy atom. The molecule has 3 rings (SSSR count).